The molecule has 0 bridgehead atoms. The van der Waals surface area contributed by atoms with Crippen LogP contribution in [0, 0.1) is 0 Å². The second-order valence-corrected chi connectivity index (χ2v) is 17.7. The summed E-state index contributed by atoms with van der Waals surface area (Å²) in [5.41, 5.74) is 23.6. The fourth-order valence-electron chi connectivity index (χ4n) is 10.5. The van der Waals surface area contributed by atoms with Crippen LogP contribution in [0.25, 0.3) is 66.8 Å². The van der Waals surface area contributed by atoms with E-state index in [-0.39, 0.29) is 10.8 Å². The molecule has 0 amide bonds. The van der Waals surface area contributed by atoms with Gasteiger partial charge in [0.25, 0.3) is 0 Å². The van der Waals surface area contributed by atoms with E-state index in [1.807, 2.05) is 0 Å². The van der Waals surface area contributed by atoms with Crippen molar-refractivity contribution in [1.29, 1.82) is 0 Å². The second-order valence-electron chi connectivity index (χ2n) is 17.7. The number of hydrogen-bond acceptors (Lipinski definition) is 1. The molecular formula is C60H47N. The molecule has 0 spiro atoms. The second kappa shape index (κ2) is 14.2. The molecule has 1 heteroatoms. The first-order chi connectivity index (χ1) is 29.8. The van der Waals surface area contributed by atoms with Gasteiger partial charge in [0, 0.05) is 27.6 Å². The Morgan fingerprint density at radius 3 is 1.43 bits per heavy atom. The summed E-state index contributed by atoms with van der Waals surface area (Å²) in [6, 6.07) is 78.6. The van der Waals surface area contributed by atoms with E-state index in [1.54, 1.807) is 0 Å². The van der Waals surface area contributed by atoms with Crippen molar-refractivity contribution in [2.75, 3.05) is 4.90 Å². The van der Waals surface area contributed by atoms with E-state index >= 15 is 0 Å². The molecule has 0 radical (unpaired) electrons. The molecule has 1 nitrogen and oxygen atoms in total. The van der Waals surface area contributed by atoms with Crippen molar-refractivity contribution < 1.29 is 0 Å². The zero-order valence-electron chi connectivity index (χ0n) is 35.2. The van der Waals surface area contributed by atoms with Gasteiger partial charge in [0.1, 0.15) is 0 Å². The summed E-state index contributed by atoms with van der Waals surface area (Å²) in [6.45, 7) is 9.43. The average molecular weight is 782 g/mol. The Morgan fingerprint density at radius 2 is 0.738 bits per heavy atom. The maximum absolute atomic E-state index is 2.53. The minimum absolute atomic E-state index is 0.0247. The molecule has 9 aromatic carbocycles. The number of nitrogens with zero attached hydrogens (tertiary/aromatic N) is 1. The van der Waals surface area contributed by atoms with Gasteiger partial charge in [-0.25, -0.2) is 0 Å². The van der Waals surface area contributed by atoms with E-state index in [2.05, 4.69) is 245 Å². The van der Waals surface area contributed by atoms with Gasteiger partial charge in [-0.3, -0.25) is 0 Å². The molecule has 0 aliphatic heterocycles. The van der Waals surface area contributed by atoms with Gasteiger partial charge in [-0.1, -0.05) is 210 Å². The van der Waals surface area contributed by atoms with E-state index in [0.717, 1.165) is 11.4 Å². The lowest BCUT2D eigenvalue weighted by Crippen LogP contribution is -2.16. The zero-order valence-corrected chi connectivity index (χ0v) is 35.2. The zero-order chi connectivity index (χ0) is 41.3. The third kappa shape index (κ3) is 5.83. The SMILES string of the molecule is CC1(C)c2ccccc2-c2cc(-c3ccc(N(c4cccc(-c5ccccc5)c4-c4ccccc4-c4ccccc4)c4cccc5c4-c4ccccc4C5(C)C)cc3)ccc21. The third-order valence-electron chi connectivity index (χ3n) is 13.5. The molecule has 0 saturated carbocycles. The van der Waals surface area contributed by atoms with Crippen molar-refractivity contribution in [1.82, 2.24) is 0 Å². The predicted octanol–water partition coefficient (Wildman–Crippen LogP) is 16.4. The highest BCUT2D eigenvalue weighted by Gasteiger charge is 2.38. The van der Waals surface area contributed by atoms with Gasteiger partial charge in [0.05, 0.1) is 11.4 Å². The quantitative estimate of drug-likeness (QED) is 0.156. The van der Waals surface area contributed by atoms with Gasteiger partial charge in [-0.2, -0.15) is 0 Å². The molecule has 2 aliphatic rings. The first-order valence-corrected chi connectivity index (χ1v) is 21.5. The number of benzene rings is 9. The molecule has 0 atom stereocenters. The molecule has 0 heterocycles. The van der Waals surface area contributed by atoms with E-state index < -0.39 is 0 Å². The summed E-state index contributed by atoms with van der Waals surface area (Å²) in [5, 5.41) is 0. The van der Waals surface area contributed by atoms with Crippen molar-refractivity contribution in [2.45, 2.75) is 38.5 Å². The lowest BCUT2D eigenvalue weighted by atomic mass is 9.82. The minimum atomic E-state index is -0.146. The topological polar surface area (TPSA) is 3.24 Å². The standard InChI is InChI=1S/C60H47N/c1-59(2)51-28-15-13-24-47(51)50-39-43(35-38-53(50)59)40-33-36-44(37-34-40)61(56-32-18-30-54-58(56)49-26-14-16-29-52(49)60(54,3)4)55-31-17-27-46(42-21-9-6-10-22-42)57(55)48-25-12-11-23-45(48)41-19-7-5-8-20-41/h5-39H,1-4H3. The van der Waals surface area contributed by atoms with Crippen LogP contribution in [0.1, 0.15) is 49.9 Å². The Balaban J connectivity index is 1.16. The Kier molecular flexibility index (Phi) is 8.58. The van der Waals surface area contributed by atoms with Gasteiger partial charge in [0.15, 0.2) is 0 Å². The molecule has 0 N–H and O–H groups in total. The number of anilines is 3. The largest absolute Gasteiger partial charge is 0.309 e. The van der Waals surface area contributed by atoms with Crippen LogP contribution in [0.5, 0.6) is 0 Å². The smallest absolute Gasteiger partial charge is 0.0546 e. The third-order valence-corrected chi connectivity index (χ3v) is 13.5. The Morgan fingerprint density at radius 1 is 0.279 bits per heavy atom. The Bertz CT molecular complexity index is 3120. The van der Waals surface area contributed by atoms with Gasteiger partial charge in [-0.05, 0) is 108 Å². The van der Waals surface area contributed by atoms with E-state index in [0.29, 0.717) is 0 Å². The summed E-state index contributed by atoms with van der Waals surface area (Å²) in [4.78, 5) is 2.53. The van der Waals surface area contributed by atoms with Gasteiger partial charge in [0.2, 0.25) is 0 Å². The fourth-order valence-corrected chi connectivity index (χ4v) is 10.5. The predicted molar refractivity (Wildman–Crippen MR) is 258 cm³/mol. The van der Waals surface area contributed by atoms with E-state index in [1.165, 1.54) is 94.7 Å². The van der Waals surface area contributed by atoms with Crippen molar-refractivity contribution >= 4 is 17.1 Å². The highest BCUT2D eigenvalue weighted by Crippen LogP contribution is 2.56. The number of rotatable bonds is 7. The summed E-state index contributed by atoms with van der Waals surface area (Å²) in [6.07, 6.45) is 0. The van der Waals surface area contributed by atoms with Gasteiger partial charge < -0.3 is 4.90 Å². The molecule has 292 valence electrons. The maximum Gasteiger partial charge on any atom is 0.0546 e. The summed E-state index contributed by atoms with van der Waals surface area (Å²) < 4.78 is 0. The monoisotopic (exact) mass is 781 g/mol. The lowest BCUT2D eigenvalue weighted by molar-refractivity contribution is 0.660. The summed E-state index contributed by atoms with van der Waals surface area (Å²) in [7, 11) is 0. The summed E-state index contributed by atoms with van der Waals surface area (Å²) >= 11 is 0. The Labute approximate surface area is 360 Å². The fraction of sp³-hybridized carbons (Fsp3) is 0.100. The van der Waals surface area contributed by atoms with Crippen LogP contribution in [0.4, 0.5) is 17.1 Å². The van der Waals surface area contributed by atoms with Crippen molar-refractivity contribution in [3.8, 4) is 66.8 Å². The van der Waals surface area contributed by atoms with Crippen LogP contribution >= 0.6 is 0 Å². The minimum Gasteiger partial charge on any atom is -0.309 e. The maximum atomic E-state index is 2.53. The number of fused-ring (bicyclic) bond motifs is 6. The van der Waals surface area contributed by atoms with Gasteiger partial charge >= 0.3 is 0 Å². The molecule has 0 unspecified atom stereocenters. The van der Waals surface area contributed by atoms with Crippen LogP contribution in [0.2, 0.25) is 0 Å². The molecule has 0 fully saturated rings. The van der Waals surface area contributed by atoms with Crippen LogP contribution < -0.4 is 4.90 Å². The molecule has 11 rings (SSSR count). The van der Waals surface area contributed by atoms with Gasteiger partial charge in [-0.15, -0.1) is 0 Å². The molecular weight excluding hydrogens is 735 g/mol. The highest BCUT2D eigenvalue weighted by atomic mass is 15.1. The van der Waals surface area contributed by atoms with Crippen LogP contribution in [0.15, 0.2) is 212 Å². The molecule has 9 aromatic rings. The Hall–Kier alpha value is -7.22. The van der Waals surface area contributed by atoms with Crippen LogP contribution in [-0.2, 0) is 10.8 Å². The highest BCUT2D eigenvalue weighted by molar-refractivity contribution is 6.04. The first kappa shape index (κ1) is 36.8. The van der Waals surface area contributed by atoms with Crippen molar-refractivity contribution in [3.63, 3.8) is 0 Å². The normalized spacial score (nSPS) is 13.8. The van der Waals surface area contributed by atoms with Crippen molar-refractivity contribution in [2.24, 2.45) is 0 Å². The molecule has 61 heavy (non-hydrogen) atoms. The van der Waals surface area contributed by atoms with Crippen LogP contribution in [0.3, 0.4) is 0 Å². The molecule has 2 aliphatic carbocycles. The first-order valence-electron chi connectivity index (χ1n) is 21.5. The molecule has 0 saturated heterocycles. The van der Waals surface area contributed by atoms with E-state index in [9.17, 15) is 0 Å². The van der Waals surface area contributed by atoms with Crippen LogP contribution in [-0.4, -0.2) is 0 Å². The van der Waals surface area contributed by atoms with Crippen molar-refractivity contribution in [3.05, 3.63) is 235 Å². The summed E-state index contributed by atoms with van der Waals surface area (Å²) in [5.74, 6) is 0. The average Bonchev–Trinajstić information content (AvgIpc) is 3.69. The number of hydrogen-bond donors (Lipinski definition) is 0. The lowest BCUT2D eigenvalue weighted by Gasteiger charge is -2.32. The van der Waals surface area contributed by atoms with E-state index in [4.69, 9.17) is 0 Å². The molecule has 0 aromatic heterocycles.